The van der Waals surface area contributed by atoms with Crippen molar-refractivity contribution in [1.82, 2.24) is 9.36 Å². The number of hydrogen-bond donors (Lipinski definition) is 1. The lowest BCUT2D eigenvalue weighted by molar-refractivity contribution is -0.111. The van der Waals surface area contributed by atoms with E-state index in [0.717, 1.165) is 11.1 Å². The molecule has 1 N–H and O–H groups in total. The molecule has 6 heteroatoms. The van der Waals surface area contributed by atoms with Crippen LogP contribution in [0.5, 0.6) is 0 Å². The summed E-state index contributed by atoms with van der Waals surface area (Å²) in [6, 6.07) is 19.4. The molecule has 4 nitrogen and oxygen atoms in total. The highest BCUT2D eigenvalue weighted by Gasteiger charge is 2.14. The van der Waals surface area contributed by atoms with Crippen LogP contribution in [-0.2, 0) is 4.79 Å². The molecule has 1 aromatic heterocycles. The zero-order chi connectivity index (χ0) is 16.8. The summed E-state index contributed by atoms with van der Waals surface area (Å²) in [5.41, 5.74) is 2.41. The number of carbonyl (C=O) groups excluding carboxylic acids is 1. The van der Waals surface area contributed by atoms with Crippen molar-refractivity contribution in [1.29, 1.82) is 0 Å². The van der Waals surface area contributed by atoms with Crippen molar-refractivity contribution in [2.24, 2.45) is 0 Å². The molecule has 0 radical (unpaired) electrons. The Morgan fingerprint density at radius 2 is 1.75 bits per heavy atom. The van der Waals surface area contributed by atoms with Crippen molar-refractivity contribution >= 4 is 46.0 Å². The quantitative estimate of drug-likeness (QED) is 0.418. The van der Waals surface area contributed by atoms with E-state index >= 15 is 0 Å². The number of nitrogens with zero attached hydrogens (tertiary/aromatic N) is 2. The highest BCUT2D eigenvalue weighted by atomic mass is 32.2. The van der Waals surface area contributed by atoms with E-state index in [1.165, 1.54) is 23.3 Å². The van der Waals surface area contributed by atoms with Crippen molar-refractivity contribution in [3.63, 3.8) is 0 Å². The maximum absolute atomic E-state index is 12.8. The number of benzene rings is 2. The molecule has 0 aliphatic carbocycles. The smallest absolute Gasteiger partial charge is 0.258 e. The second-order valence-electron chi connectivity index (χ2n) is 4.88. The predicted molar refractivity (Wildman–Crippen MR) is 101 cm³/mol. The number of hydrogen-bond acceptors (Lipinski definition) is 5. The van der Waals surface area contributed by atoms with E-state index in [1.54, 1.807) is 0 Å². The third kappa shape index (κ3) is 4.10. The van der Waals surface area contributed by atoms with Gasteiger partial charge in [0.1, 0.15) is 0 Å². The lowest BCUT2D eigenvalue weighted by atomic mass is 10.0. The third-order valence-corrected chi connectivity index (χ3v) is 4.54. The summed E-state index contributed by atoms with van der Waals surface area (Å²) in [5.74, 6) is -0.200. The summed E-state index contributed by atoms with van der Waals surface area (Å²) in [4.78, 5) is 17.0. The van der Waals surface area contributed by atoms with Gasteiger partial charge in [-0.25, -0.2) is 0 Å². The molecule has 2 aromatic carbocycles. The van der Waals surface area contributed by atoms with Gasteiger partial charge >= 0.3 is 0 Å². The minimum atomic E-state index is -0.200. The average Bonchev–Trinajstić information content (AvgIpc) is 3.09. The number of anilines is 1. The van der Waals surface area contributed by atoms with Crippen LogP contribution in [0.25, 0.3) is 11.6 Å². The van der Waals surface area contributed by atoms with Crippen LogP contribution in [0.2, 0.25) is 0 Å². The molecule has 0 spiro atoms. The van der Waals surface area contributed by atoms with Gasteiger partial charge in [0.05, 0.1) is 0 Å². The minimum absolute atomic E-state index is 0.200. The SMILES string of the molecule is CSc1nsc(NC(=O)/C(=C/c2ccccc2)c2ccccc2)n1. The van der Waals surface area contributed by atoms with Gasteiger partial charge < -0.3 is 0 Å². The first kappa shape index (κ1) is 16.4. The Hall–Kier alpha value is -2.44. The molecule has 0 aliphatic heterocycles. The average molecular weight is 353 g/mol. The van der Waals surface area contributed by atoms with Crippen molar-refractivity contribution in [3.05, 3.63) is 71.8 Å². The van der Waals surface area contributed by atoms with Gasteiger partial charge in [-0.3, -0.25) is 10.1 Å². The monoisotopic (exact) mass is 353 g/mol. The summed E-state index contributed by atoms with van der Waals surface area (Å²) >= 11 is 2.63. The first-order valence-electron chi connectivity index (χ1n) is 7.27. The van der Waals surface area contributed by atoms with Crippen molar-refractivity contribution < 1.29 is 4.79 Å². The first-order chi connectivity index (χ1) is 11.8. The number of thioether (sulfide) groups is 1. The maximum atomic E-state index is 12.8. The van der Waals surface area contributed by atoms with Crippen LogP contribution < -0.4 is 5.32 Å². The Kier molecular flexibility index (Phi) is 5.40. The normalized spacial score (nSPS) is 11.3. The Labute approximate surface area is 148 Å². The number of rotatable bonds is 5. The van der Waals surface area contributed by atoms with Gasteiger partial charge in [-0.2, -0.15) is 9.36 Å². The molecule has 0 atom stereocenters. The van der Waals surface area contributed by atoms with Crippen molar-refractivity contribution in [2.45, 2.75) is 5.16 Å². The fraction of sp³-hybridized carbons (Fsp3) is 0.0556. The summed E-state index contributed by atoms with van der Waals surface area (Å²) in [6.45, 7) is 0. The van der Waals surface area contributed by atoms with Gasteiger partial charge in [-0.05, 0) is 23.5 Å². The maximum Gasteiger partial charge on any atom is 0.258 e. The van der Waals surface area contributed by atoms with E-state index < -0.39 is 0 Å². The molecule has 0 unspecified atom stereocenters. The van der Waals surface area contributed by atoms with E-state index in [9.17, 15) is 4.79 Å². The number of amides is 1. The standard InChI is InChI=1S/C18H15N3OS2/c1-23-18-20-17(24-21-18)19-16(22)15(14-10-6-3-7-11-14)12-13-8-4-2-5-9-13/h2-12H,1H3,(H,19,20,21,22)/b15-12+. The molecule has 0 fully saturated rings. The number of nitrogens with one attached hydrogen (secondary N) is 1. The minimum Gasteiger partial charge on any atom is -0.297 e. The Morgan fingerprint density at radius 3 is 2.38 bits per heavy atom. The molecule has 0 saturated heterocycles. The molecule has 24 heavy (non-hydrogen) atoms. The second kappa shape index (κ2) is 7.90. The molecular weight excluding hydrogens is 338 g/mol. The largest absolute Gasteiger partial charge is 0.297 e. The second-order valence-corrected chi connectivity index (χ2v) is 6.40. The molecular formula is C18H15N3OS2. The van der Waals surface area contributed by atoms with Crippen molar-refractivity contribution in [2.75, 3.05) is 11.6 Å². The van der Waals surface area contributed by atoms with Crippen LogP contribution in [0, 0.1) is 0 Å². The first-order valence-corrected chi connectivity index (χ1v) is 9.27. The summed E-state index contributed by atoms with van der Waals surface area (Å²) < 4.78 is 4.16. The fourth-order valence-electron chi connectivity index (χ4n) is 2.12. The summed E-state index contributed by atoms with van der Waals surface area (Å²) in [7, 11) is 0. The van der Waals surface area contributed by atoms with Gasteiger partial charge in [0.15, 0.2) is 0 Å². The Balaban J connectivity index is 1.92. The highest BCUT2D eigenvalue weighted by Crippen LogP contribution is 2.22. The van der Waals surface area contributed by atoms with E-state index in [0.29, 0.717) is 15.9 Å². The van der Waals surface area contributed by atoms with Crippen LogP contribution in [0.3, 0.4) is 0 Å². The van der Waals surface area contributed by atoms with E-state index in [1.807, 2.05) is 73.0 Å². The van der Waals surface area contributed by atoms with Crippen LogP contribution in [0.4, 0.5) is 5.13 Å². The van der Waals surface area contributed by atoms with Crippen LogP contribution in [0.1, 0.15) is 11.1 Å². The van der Waals surface area contributed by atoms with E-state index in [4.69, 9.17) is 0 Å². The van der Waals surface area contributed by atoms with Gasteiger partial charge in [0, 0.05) is 17.1 Å². The van der Waals surface area contributed by atoms with Gasteiger partial charge in [0.25, 0.3) is 5.91 Å². The van der Waals surface area contributed by atoms with Crippen LogP contribution in [0.15, 0.2) is 65.8 Å². The summed E-state index contributed by atoms with van der Waals surface area (Å²) in [6.07, 6.45) is 3.78. The van der Waals surface area contributed by atoms with Gasteiger partial charge in [-0.15, -0.1) is 0 Å². The molecule has 0 bridgehead atoms. The van der Waals surface area contributed by atoms with Crippen molar-refractivity contribution in [3.8, 4) is 0 Å². The molecule has 0 aliphatic rings. The Morgan fingerprint density at radius 1 is 1.08 bits per heavy atom. The molecule has 1 amide bonds. The summed E-state index contributed by atoms with van der Waals surface area (Å²) in [5, 5.41) is 4.00. The number of carbonyl (C=O) groups is 1. The zero-order valence-corrected chi connectivity index (χ0v) is 14.6. The molecule has 120 valence electrons. The zero-order valence-electron chi connectivity index (χ0n) is 13.0. The molecule has 3 rings (SSSR count). The topological polar surface area (TPSA) is 54.9 Å². The predicted octanol–water partition coefficient (Wildman–Crippen LogP) is 4.44. The molecule has 1 heterocycles. The Bertz CT molecular complexity index is 845. The van der Waals surface area contributed by atoms with E-state index in [2.05, 4.69) is 14.7 Å². The van der Waals surface area contributed by atoms with E-state index in [-0.39, 0.29) is 5.91 Å². The highest BCUT2D eigenvalue weighted by molar-refractivity contribution is 7.98. The third-order valence-electron chi connectivity index (χ3n) is 3.25. The lowest BCUT2D eigenvalue weighted by Crippen LogP contribution is -2.13. The molecule has 0 saturated carbocycles. The lowest BCUT2D eigenvalue weighted by Gasteiger charge is -2.07. The molecule has 3 aromatic rings. The number of aromatic nitrogens is 2. The van der Waals surface area contributed by atoms with Gasteiger partial charge in [0.2, 0.25) is 10.3 Å². The van der Waals surface area contributed by atoms with Crippen LogP contribution >= 0.6 is 23.3 Å². The van der Waals surface area contributed by atoms with Crippen LogP contribution in [-0.4, -0.2) is 21.5 Å². The van der Waals surface area contributed by atoms with Gasteiger partial charge in [-0.1, -0.05) is 72.4 Å². The fourth-order valence-corrected chi connectivity index (χ4v) is 3.24.